The van der Waals surface area contributed by atoms with Crippen LogP contribution in [-0.2, 0) is 14.3 Å². The van der Waals surface area contributed by atoms with Gasteiger partial charge in [-0.1, -0.05) is 57.6 Å². The Bertz CT molecular complexity index is 1470. The van der Waals surface area contributed by atoms with Crippen molar-refractivity contribution in [1.82, 2.24) is 4.57 Å². The number of thiazole rings is 1. The van der Waals surface area contributed by atoms with Crippen molar-refractivity contribution in [3.8, 4) is 5.75 Å². The molecule has 0 fully saturated rings. The van der Waals surface area contributed by atoms with Gasteiger partial charge >= 0.3 is 11.9 Å². The second kappa shape index (κ2) is 9.29. The fourth-order valence-electron chi connectivity index (χ4n) is 3.66. The maximum Gasteiger partial charge on any atom is 0.338 e. The molecule has 0 unspecified atom stereocenters. The van der Waals surface area contributed by atoms with Crippen LogP contribution in [0.3, 0.4) is 0 Å². The molecule has 33 heavy (non-hydrogen) atoms. The predicted molar refractivity (Wildman–Crippen MR) is 128 cm³/mol. The molecule has 0 aliphatic carbocycles. The van der Waals surface area contributed by atoms with Gasteiger partial charge in [0.05, 0.1) is 29.0 Å². The summed E-state index contributed by atoms with van der Waals surface area (Å²) < 4.78 is 13.0. The van der Waals surface area contributed by atoms with E-state index in [1.807, 2.05) is 30.3 Å². The largest absolute Gasteiger partial charge is 0.466 e. The Morgan fingerprint density at radius 3 is 2.58 bits per heavy atom. The van der Waals surface area contributed by atoms with Crippen LogP contribution in [0.1, 0.15) is 31.0 Å². The molecule has 1 aliphatic rings. The number of esters is 2. The number of carbonyl (C=O) groups excluding carboxylic acids is 2. The number of allylic oxidation sites excluding steroid dienone is 1. The van der Waals surface area contributed by atoms with Crippen molar-refractivity contribution in [2.24, 2.45) is 4.99 Å². The second-order valence-electron chi connectivity index (χ2n) is 7.26. The number of rotatable bonds is 4. The van der Waals surface area contributed by atoms with Gasteiger partial charge in [0.2, 0.25) is 0 Å². The third kappa shape index (κ3) is 4.46. The van der Waals surface area contributed by atoms with Crippen molar-refractivity contribution < 1.29 is 19.1 Å². The summed E-state index contributed by atoms with van der Waals surface area (Å²) in [6.07, 6.45) is 1.66. The van der Waals surface area contributed by atoms with E-state index in [2.05, 4.69) is 20.9 Å². The van der Waals surface area contributed by atoms with Crippen LogP contribution in [0.2, 0.25) is 0 Å². The first-order chi connectivity index (χ1) is 15.8. The first-order valence-electron chi connectivity index (χ1n) is 9.94. The van der Waals surface area contributed by atoms with E-state index in [9.17, 15) is 14.4 Å². The van der Waals surface area contributed by atoms with Crippen molar-refractivity contribution in [2.75, 3.05) is 7.11 Å². The molecule has 0 radical (unpaired) electrons. The van der Waals surface area contributed by atoms with Crippen molar-refractivity contribution in [1.29, 1.82) is 0 Å². The summed E-state index contributed by atoms with van der Waals surface area (Å²) in [4.78, 5) is 42.7. The number of benzene rings is 2. The summed E-state index contributed by atoms with van der Waals surface area (Å²) in [6.45, 7) is 3.04. The highest BCUT2D eigenvalue weighted by atomic mass is 79.9. The third-order valence-electron chi connectivity index (χ3n) is 5.05. The lowest BCUT2D eigenvalue weighted by Crippen LogP contribution is -2.39. The molecule has 0 N–H and O–H groups in total. The lowest BCUT2D eigenvalue weighted by Gasteiger charge is -2.24. The molecule has 1 aliphatic heterocycles. The van der Waals surface area contributed by atoms with Gasteiger partial charge in [0.25, 0.3) is 5.56 Å². The van der Waals surface area contributed by atoms with Gasteiger partial charge in [-0.25, -0.2) is 9.79 Å². The van der Waals surface area contributed by atoms with Gasteiger partial charge in [0.15, 0.2) is 4.80 Å². The summed E-state index contributed by atoms with van der Waals surface area (Å²) in [5, 5.41) is 0. The average Bonchev–Trinajstić information content (AvgIpc) is 3.09. The van der Waals surface area contributed by atoms with Crippen LogP contribution in [0.15, 0.2) is 74.1 Å². The number of methoxy groups -OCH3 is 1. The Hall–Kier alpha value is -3.30. The van der Waals surface area contributed by atoms with Crippen molar-refractivity contribution >= 4 is 45.3 Å². The Labute approximate surface area is 201 Å². The first-order valence-corrected chi connectivity index (χ1v) is 11.5. The number of halogens is 1. The Kier molecular flexibility index (Phi) is 6.44. The van der Waals surface area contributed by atoms with Gasteiger partial charge in [-0.05, 0) is 36.8 Å². The van der Waals surface area contributed by atoms with Crippen LogP contribution in [0, 0.1) is 0 Å². The predicted octanol–water partition coefficient (Wildman–Crippen LogP) is 3.10. The minimum Gasteiger partial charge on any atom is -0.466 e. The van der Waals surface area contributed by atoms with E-state index in [4.69, 9.17) is 9.47 Å². The highest BCUT2D eigenvalue weighted by Crippen LogP contribution is 2.30. The smallest absolute Gasteiger partial charge is 0.338 e. The molecule has 7 nitrogen and oxygen atoms in total. The Morgan fingerprint density at radius 1 is 1.18 bits per heavy atom. The van der Waals surface area contributed by atoms with E-state index in [-0.39, 0.29) is 5.56 Å². The van der Waals surface area contributed by atoms with Crippen molar-refractivity contribution in [2.45, 2.75) is 19.9 Å². The summed E-state index contributed by atoms with van der Waals surface area (Å²) in [5.74, 6) is -0.665. The van der Waals surface area contributed by atoms with Crippen LogP contribution in [0.25, 0.3) is 6.08 Å². The number of carbonyl (C=O) groups is 2. The van der Waals surface area contributed by atoms with Crippen LogP contribution in [-0.4, -0.2) is 23.6 Å². The van der Waals surface area contributed by atoms with Crippen LogP contribution < -0.4 is 19.6 Å². The number of ether oxygens (including phenoxy) is 2. The van der Waals surface area contributed by atoms with Crippen molar-refractivity contribution in [3.63, 3.8) is 0 Å². The Morgan fingerprint density at radius 2 is 1.91 bits per heavy atom. The molecule has 3 aromatic rings. The van der Waals surface area contributed by atoms with E-state index >= 15 is 0 Å². The van der Waals surface area contributed by atoms with Gasteiger partial charge in [-0.3, -0.25) is 14.2 Å². The molecule has 1 aromatic heterocycles. The lowest BCUT2D eigenvalue weighted by atomic mass is 9.96. The summed E-state index contributed by atoms with van der Waals surface area (Å²) in [6, 6.07) is 13.8. The van der Waals surface area contributed by atoms with E-state index < -0.39 is 18.0 Å². The van der Waals surface area contributed by atoms with Gasteiger partial charge in [0, 0.05) is 17.0 Å². The Balaban J connectivity index is 1.97. The molecule has 0 amide bonds. The van der Waals surface area contributed by atoms with E-state index in [0.29, 0.717) is 31.9 Å². The zero-order chi connectivity index (χ0) is 23.7. The SMILES string of the molecule is COC(=O)C1=C(C)N=c2s/c(=C\c3cc(Br)ccc3OC(C)=O)c(=O)n2[C@@H]1c1ccccc1. The molecule has 4 rings (SSSR count). The number of nitrogens with zero attached hydrogens (tertiary/aromatic N) is 2. The molecule has 0 saturated heterocycles. The number of hydrogen-bond donors (Lipinski definition) is 0. The molecule has 0 spiro atoms. The van der Waals surface area contributed by atoms with Gasteiger partial charge in [-0.2, -0.15) is 0 Å². The summed E-state index contributed by atoms with van der Waals surface area (Å²) in [5.41, 5.74) is 1.82. The molecule has 2 aromatic carbocycles. The highest BCUT2D eigenvalue weighted by molar-refractivity contribution is 9.10. The van der Waals surface area contributed by atoms with E-state index in [0.717, 1.165) is 10.0 Å². The monoisotopic (exact) mass is 526 g/mol. The number of fused-ring (bicyclic) bond motifs is 1. The summed E-state index contributed by atoms with van der Waals surface area (Å²) >= 11 is 4.61. The van der Waals surface area contributed by atoms with Crippen LogP contribution >= 0.6 is 27.3 Å². The number of hydrogen-bond acceptors (Lipinski definition) is 7. The minimum atomic E-state index is -0.674. The molecule has 168 valence electrons. The van der Waals surface area contributed by atoms with Gasteiger partial charge < -0.3 is 9.47 Å². The molecule has 0 saturated carbocycles. The molecule has 9 heteroatoms. The molecule has 1 atom stereocenters. The zero-order valence-corrected chi connectivity index (χ0v) is 20.4. The van der Waals surface area contributed by atoms with Crippen molar-refractivity contribution in [3.05, 3.63) is 95.1 Å². The maximum atomic E-state index is 13.6. The molecule has 2 heterocycles. The van der Waals surface area contributed by atoms with E-state index in [1.54, 1.807) is 31.2 Å². The standard InChI is InChI=1S/C24H19BrN2O5S/c1-13-20(23(30)31-3)21(15-7-5-4-6-8-15)27-22(29)19(33-24(27)26-13)12-16-11-17(25)9-10-18(16)32-14(2)28/h4-12,21H,1-3H3/b19-12-/t21-/m1/s1. The third-order valence-corrected chi connectivity index (χ3v) is 6.53. The van der Waals surface area contributed by atoms with E-state index in [1.165, 1.54) is 29.9 Å². The average molecular weight is 527 g/mol. The second-order valence-corrected chi connectivity index (χ2v) is 9.18. The van der Waals surface area contributed by atoms with Gasteiger partial charge in [0.1, 0.15) is 5.75 Å². The fourth-order valence-corrected chi connectivity index (χ4v) is 5.08. The number of aromatic nitrogens is 1. The minimum absolute atomic E-state index is 0.310. The molecular weight excluding hydrogens is 508 g/mol. The lowest BCUT2D eigenvalue weighted by molar-refractivity contribution is -0.136. The van der Waals surface area contributed by atoms with Crippen LogP contribution in [0.4, 0.5) is 0 Å². The van der Waals surface area contributed by atoms with Gasteiger partial charge in [-0.15, -0.1) is 0 Å². The fraction of sp³-hybridized carbons (Fsp3) is 0.167. The summed E-state index contributed by atoms with van der Waals surface area (Å²) in [7, 11) is 1.31. The molecule has 0 bridgehead atoms. The topological polar surface area (TPSA) is 87.0 Å². The zero-order valence-electron chi connectivity index (χ0n) is 18.0. The van der Waals surface area contributed by atoms with Crippen LogP contribution in [0.5, 0.6) is 5.75 Å². The highest BCUT2D eigenvalue weighted by Gasteiger charge is 2.32. The molecular formula is C24H19BrN2O5S. The quantitative estimate of drug-likeness (QED) is 0.385. The first kappa shape index (κ1) is 22.9. The normalized spacial score (nSPS) is 15.6. The maximum absolute atomic E-state index is 13.6.